The third kappa shape index (κ3) is 1.96. The van der Waals surface area contributed by atoms with E-state index in [9.17, 15) is 4.79 Å². The van der Waals surface area contributed by atoms with Crippen molar-refractivity contribution in [3.63, 3.8) is 0 Å². The summed E-state index contributed by atoms with van der Waals surface area (Å²) in [6, 6.07) is 20.9. The van der Waals surface area contributed by atoms with Crippen molar-refractivity contribution < 1.29 is 4.79 Å². The molecule has 22 heavy (non-hydrogen) atoms. The fourth-order valence-corrected chi connectivity index (χ4v) is 4.06. The second kappa shape index (κ2) is 5.08. The number of Topliss-reactive ketones (excluding diaryl/α,β-unsaturated/α-hetero) is 1. The van der Waals surface area contributed by atoms with Gasteiger partial charge in [0, 0.05) is 16.0 Å². The third-order valence-electron chi connectivity index (χ3n) is 4.04. The highest BCUT2D eigenvalue weighted by molar-refractivity contribution is 7.14. The molecule has 4 aromatic rings. The SMILES string of the molecule is CC(=O)c1ccsc1-c1c2ccccc2cc2ccccc12. The van der Waals surface area contributed by atoms with E-state index < -0.39 is 0 Å². The fourth-order valence-electron chi connectivity index (χ4n) is 3.04. The summed E-state index contributed by atoms with van der Waals surface area (Å²) in [5.74, 6) is 0.119. The Bertz CT molecular complexity index is 957. The van der Waals surface area contributed by atoms with E-state index in [0.717, 1.165) is 10.4 Å². The molecule has 0 fully saturated rings. The topological polar surface area (TPSA) is 17.1 Å². The number of ketones is 1. The lowest BCUT2D eigenvalue weighted by molar-refractivity contribution is 0.101. The van der Waals surface area contributed by atoms with Crippen LogP contribution in [0.15, 0.2) is 66.0 Å². The van der Waals surface area contributed by atoms with Gasteiger partial charge in [-0.1, -0.05) is 48.5 Å². The summed E-state index contributed by atoms with van der Waals surface area (Å²) in [4.78, 5) is 13.0. The molecule has 0 radical (unpaired) electrons. The van der Waals surface area contributed by atoms with E-state index in [1.54, 1.807) is 18.3 Å². The van der Waals surface area contributed by atoms with Crippen LogP contribution in [0.25, 0.3) is 32.0 Å². The molecule has 106 valence electrons. The molecular weight excluding hydrogens is 288 g/mol. The molecule has 0 N–H and O–H groups in total. The average molecular weight is 302 g/mol. The van der Waals surface area contributed by atoms with Crippen LogP contribution in [0.3, 0.4) is 0 Å². The van der Waals surface area contributed by atoms with Crippen molar-refractivity contribution >= 4 is 38.7 Å². The van der Waals surface area contributed by atoms with Gasteiger partial charge in [0.15, 0.2) is 5.78 Å². The van der Waals surface area contributed by atoms with Crippen molar-refractivity contribution in [1.29, 1.82) is 0 Å². The Morgan fingerprint density at radius 2 is 1.45 bits per heavy atom. The van der Waals surface area contributed by atoms with Gasteiger partial charge in [0.2, 0.25) is 0 Å². The largest absolute Gasteiger partial charge is 0.294 e. The van der Waals surface area contributed by atoms with Crippen LogP contribution in [0.1, 0.15) is 17.3 Å². The van der Waals surface area contributed by atoms with Crippen LogP contribution in [-0.4, -0.2) is 5.78 Å². The van der Waals surface area contributed by atoms with Gasteiger partial charge in [0.05, 0.1) is 0 Å². The molecule has 0 aliphatic rings. The predicted molar refractivity (Wildman–Crippen MR) is 94.8 cm³/mol. The molecule has 4 rings (SSSR count). The average Bonchev–Trinajstić information content (AvgIpc) is 3.02. The highest BCUT2D eigenvalue weighted by Gasteiger charge is 2.16. The van der Waals surface area contributed by atoms with Crippen molar-refractivity contribution in [3.8, 4) is 10.4 Å². The molecule has 2 heteroatoms. The first-order valence-electron chi connectivity index (χ1n) is 7.25. The van der Waals surface area contributed by atoms with E-state index in [1.807, 2.05) is 11.4 Å². The van der Waals surface area contributed by atoms with Crippen molar-refractivity contribution in [2.75, 3.05) is 0 Å². The molecule has 1 nitrogen and oxygen atoms in total. The highest BCUT2D eigenvalue weighted by Crippen LogP contribution is 2.40. The Balaban J connectivity index is 2.22. The molecule has 0 aliphatic heterocycles. The van der Waals surface area contributed by atoms with Crippen LogP contribution < -0.4 is 0 Å². The number of carbonyl (C=O) groups excluding carboxylic acids is 1. The number of fused-ring (bicyclic) bond motifs is 2. The van der Waals surface area contributed by atoms with Gasteiger partial charge < -0.3 is 0 Å². The predicted octanol–water partition coefficient (Wildman–Crippen LogP) is 5.92. The molecule has 3 aromatic carbocycles. The van der Waals surface area contributed by atoms with Crippen LogP contribution in [0.4, 0.5) is 0 Å². The van der Waals surface area contributed by atoms with Gasteiger partial charge in [-0.25, -0.2) is 0 Å². The summed E-state index contributed by atoms with van der Waals surface area (Å²) in [5.41, 5.74) is 1.99. The van der Waals surface area contributed by atoms with Gasteiger partial charge in [-0.3, -0.25) is 4.79 Å². The summed E-state index contributed by atoms with van der Waals surface area (Å²) >= 11 is 1.64. The van der Waals surface area contributed by atoms with Crippen molar-refractivity contribution in [2.45, 2.75) is 6.92 Å². The summed E-state index contributed by atoms with van der Waals surface area (Å²) in [7, 11) is 0. The smallest absolute Gasteiger partial charge is 0.161 e. The van der Waals surface area contributed by atoms with E-state index in [0.29, 0.717) is 0 Å². The van der Waals surface area contributed by atoms with Crippen LogP contribution in [0.2, 0.25) is 0 Å². The summed E-state index contributed by atoms with van der Waals surface area (Å²) in [5, 5.41) is 6.82. The molecule has 0 atom stereocenters. The summed E-state index contributed by atoms with van der Waals surface area (Å²) in [6.45, 7) is 1.64. The maximum atomic E-state index is 12.0. The zero-order chi connectivity index (χ0) is 15.1. The third-order valence-corrected chi connectivity index (χ3v) is 4.97. The van der Waals surface area contributed by atoms with E-state index in [2.05, 4.69) is 54.6 Å². The van der Waals surface area contributed by atoms with Gasteiger partial charge in [-0.2, -0.15) is 0 Å². The molecule has 0 saturated heterocycles. The minimum Gasteiger partial charge on any atom is -0.294 e. The lowest BCUT2D eigenvalue weighted by atomic mass is 9.94. The second-order valence-electron chi connectivity index (χ2n) is 5.41. The summed E-state index contributed by atoms with van der Waals surface area (Å²) < 4.78 is 0. The zero-order valence-corrected chi connectivity index (χ0v) is 13.0. The maximum absolute atomic E-state index is 12.0. The molecule has 0 spiro atoms. The molecule has 0 bridgehead atoms. The van der Waals surface area contributed by atoms with E-state index >= 15 is 0 Å². The number of hydrogen-bond acceptors (Lipinski definition) is 2. The van der Waals surface area contributed by atoms with Gasteiger partial charge in [0.25, 0.3) is 0 Å². The van der Waals surface area contributed by atoms with Crippen LogP contribution in [-0.2, 0) is 0 Å². The van der Waals surface area contributed by atoms with Gasteiger partial charge in [0.1, 0.15) is 0 Å². The maximum Gasteiger partial charge on any atom is 0.161 e. The molecule has 0 amide bonds. The number of thiophene rings is 1. The lowest BCUT2D eigenvalue weighted by Crippen LogP contribution is -1.93. The molecule has 1 heterocycles. The lowest BCUT2D eigenvalue weighted by Gasteiger charge is -2.11. The van der Waals surface area contributed by atoms with Crippen LogP contribution in [0.5, 0.6) is 0 Å². The number of hydrogen-bond donors (Lipinski definition) is 0. The first kappa shape index (κ1) is 13.2. The van der Waals surface area contributed by atoms with E-state index in [4.69, 9.17) is 0 Å². The van der Waals surface area contributed by atoms with Crippen molar-refractivity contribution in [1.82, 2.24) is 0 Å². The zero-order valence-electron chi connectivity index (χ0n) is 12.2. The normalized spacial score (nSPS) is 11.1. The van der Waals surface area contributed by atoms with Crippen molar-refractivity contribution in [2.24, 2.45) is 0 Å². The summed E-state index contributed by atoms with van der Waals surface area (Å²) in [6.07, 6.45) is 0. The highest BCUT2D eigenvalue weighted by atomic mass is 32.1. The van der Waals surface area contributed by atoms with Crippen LogP contribution >= 0.6 is 11.3 Å². The number of benzene rings is 3. The second-order valence-corrected chi connectivity index (χ2v) is 6.33. The Labute approximate surface area is 132 Å². The fraction of sp³-hybridized carbons (Fsp3) is 0.0500. The Morgan fingerprint density at radius 1 is 0.864 bits per heavy atom. The molecule has 1 aromatic heterocycles. The monoisotopic (exact) mass is 302 g/mol. The molecule has 0 unspecified atom stereocenters. The standard InChI is InChI=1S/C20H14OS/c1-13(21)16-10-11-22-20(16)19-17-8-4-2-6-14(17)12-15-7-3-5-9-18(15)19/h2-12H,1H3. The molecular formula is C20H14OS. The number of carbonyl (C=O) groups is 1. The number of rotatable bonds is 2. The van der Waals surface area contributed by atoms with E-state index in [1.165, 1.54) is 27.1 Å². The van der Waals surface area contributed by atoms with Gasteiger partial charge in [-0.05, 0) is 46.0 Å². The Morgan fingerprint density at radius 3 is 2.05 bits per heavy atom. The van der Waals surface area contributed by atoms with Gasteiger partial charge >= 0.3 is 0 Å². The quantitative estimate of drug-likeness (QED) is 0.331. The van der Waals surface area contributed by atoms with E-state index in [-0.39, 0.29) is 5.78 Å². The van der Waals surface area contributed by atoms with Crippen LogP contribution in [0, 0.1) is 0 Å². The molecule has 0 saturated carbocycles. The minimum atomic E-state index is 0.119. The first-order valence-corrected chi connectivity index (χ1v) is 8.13. The van der Waals surface area contributed by atoms with Gasteiger partial charge in [-0.15, -0.1) is 11.3 Å². The minimum absolute atomic E-state index is 0.119. The Kier molecular flexibility index (Phi) is 3.05. The van der Waals surface area contributed by atoms with Crippen molar-refractivity contribution in [3.05, 3.63) is 71.6 Å². The Hall–Kier alpha value is -2.45. The molecule has 0 aliphatic carbocycles. The first-order chi connectivity index (χ1) is 10.8.